The van der Waals surface area contributed by atoms with Crippen molar-refractivity contribution >= 4 is 21.9 Å². The Labute approximate surface area is 148 Å². The molecule has 0 amide bonds. The van der Waals surface area contributed by atoms with Crippen molar-refractivity contribution in [1.82, 2.24) is 15.1 Å². The zero-order chi connectivity index (χ0) is 17.7. The summed E-state index contributed by atoms with van der Waals surface area (Å²) in [5.74, 6) is 0.691. The molecule has 134 valence electrons. The van der Waals surface area contributed by atoms with Crippen LogP contribution in [-0.4, -0.2) is 61.7 Å². The van der Waals surface area contributed by atoms with Gasteiger partial charge < -0.3 is 10.2 Å². The number of guanidine groups is 1. The summed E-state index contributed by atoms with van der Waals surface area (Å²) >= 11 is 3.40. The molecule has 1 saturated heterocycles. The maximum atomic E-state index is 12.5. The molecule has 1 aliphatic heterocycles. The highest BCUT2D eigenvalue weighted by molar-refractivity contribution is 9.10. The van der Waals surface area contributed by atoms with Crippen LogP contribution in [0.1, 0.15) is 12.0 Å². The molecule has 1 fully saturated rings. The number of halogens is 4. The highest BCUT2D eigenvalue weighted by atomic mass is 79.9. The van der Waals surface area contributed by atoms with Gasteiger partial charge >= 0.3 is 6.18 Å². The topological polar surface area (TPSA) is 30.9 Å². The number of nitrogens with one attached hydrogen (secondary N) is 1. The van der Waals surface area contributed by atoms with E-state index < -0.39 is 12.7 Å². The molecule has 0 aromatic heterocycles. The first-order chi connectivity index (χ1) is 11.3. The molecule has 1 heterocycles. The highest BCUT2D eigenvalue weighted by Gasteiger charge is 2.34. The standard InChI is InChI=1S/C16H22BrF3N4/c1-21-15(23(2)9-12-3-5-13(17)6-4-12)22-14-7-8-24(10-14)11-16(18,19)20/h3-6,14H,7-11H2,1-2H3,(H,21,22). The quantitative estimate of drug-likeness (QED) is 0.615. The molecule has 4 nitrogen and oxygen atoms in total. The predicted octanol–water partition coefficient (Wildman–Crippen LogP) is 3.09. The first-order valence-corrected chi connectivity index (χ1v) is 8.54. The number of hydrogen-bond donors (Lipinski definition) is 1. The SMILES string of the molecule is CN=C(NC1CCN(CC(F)(F)F)C1)N(C)Cc1ccc(Br)cc1. The summed E-state index contributed by atoms with van der Waals surface area (Å²) in [4.78, 5) is 7.64. The van der Waals surface area contributed by atoms with Crippen LogP contribution < -0.4 is 5.32 Å². The maximum Gasteiger partial charge on any atom is 0.401 e. The lowest BCUT2D eigenvalue weighted by atomic mass is 10.2. The van der Waals surface area contributed by atoms with E-state index in [-0.39, 0.29) is 6.04 Å². The van der Waals surface area contributed by atoms with Gasteiger partial charge in [-0.1, -0.05) is 28.1 Å². The second-order valence-corrected chi connectivity index (χ2v) is 6.93. The van der Waals surface area contributed by atoms with Crippen LogP contribution in [0.3, 0.4) is 0 Å². The van der Waals surface area contributed by atoms with Crippen LogP contribution in [0.5, 0.6) is 0 Å². The smallest absolute Gasteiger partial charge is 0.352 e. The van der Waals surface area contributed by atoms with Gasteiger partial charge in [0.2, 0.25) is 0 Å². The van der Waals surface area contributed by atoms with Crippen LogP contribution in [0, 0.1) is 0 Å². The number of alkyl halides is 3. The van der Waals surface area contributed by atoms with Crippen LogP contribution in [0.4, 0.5) is 13.2 Å². The molecular formula is C16H22BrF3N4. The van der Waals surface area contributed by atoms with Gasteiger partial charge in [-0.3, -0.25) is 9.89 Å². The third kappa shape index (κ3) is 5.98. The van der Waals surface area contributed by atoms with E-state index in [1.54, 1.807) is 7.05 Å². The van der Waals surface area contributed by atoms with Gasteiger partial charge in [0.05, 0.1) is 6.54 Å². The Kier molecular flexibility index (Phi) is 6.51. The van der Waals surface area contributed by atoms with Crippen LogP contribution in [0.25, 0.3) is 0 Å². The Balaban J connectivity index is 1.87. The van der Waals surface area contributed by atoms with Crippen molar-refractivity contribution in [2.75, 3.05) is 33.7 Å². The van der Waals surface area contributed by atoms with Gasteiger partial charge in [-0.05, 0) is 24.1 Å². The summed E-state index contributed by atoms with van der Waals surface area (Å²) in [5, 5.41) is 3.27. The number of rotatable bonds is 4. The second kappa shape index (κ2) is 8.20. The van der Waals surface area contributed by atoms with E-state index in [1.807, 2.05) is 36.2 Å². The predicted molar refractivity (Wildman–Crippen MR) is 93.0 cm³/mol. The minimum atomic E-state index is -4.14. The molecule has 0 aliphatic carbocycles. The van der Waals surface area contributed by atoms with Gasteiger partial charge in [-0.15, -0.1) is 0 Å². The third-order valence-corrected chi connectivity index (χ3v) is 4.44. The third-order valence-electron chi connectivity index (χ3n) is 3.91. The summed E-state index contributed by atoms with van der Waals surface area (Å²) in [5.41, 5.74) is 1.13. The molecule has 1 unspecified atom stereocenters. The minimum Gasteiger partial charge on any atom is -0.352 e. The van der Waals surface area contributed by atoms with Crippen LogP contribution in [-0.2, 0) is 6.54 Å². The van der Waals surface area contributed by atoms with Crippen molar-refractivity contribution in [1.29, 1.82) is 0 Å². The van der Waals surface area contributed by atoms with Crippen LogP contribution in [0.2, 0.25) is 0 Å². The van der Waals surface area contributed by atoms with Crippen molar-refractivity contribution < 1.29 is 13.2 Å². The molecule has 1 aromatic rings. The van der Waals surface area contributed by atoms with Gasteiger partial charge in [0.25, 0.3) is 0 Å². The Bertz CT molecular complexity index is 559. The zero-order valence-corrected chi connectivity index (χ0v) is 15.4. The van der Waals surface area contributed by atoms with Crippen molar-refractivity contribution in [3.05, 3.63) is 34.3 Å². The Morgan fingerprint density at radius 3 is 2.62 bits per heavy atom. The van der Waals surface area contributed by atoms with Crippen molar-refractivity contribution in [3.63, 3.8) is 0 Å². The van der Waals surface area contributed by atoms with Gasteiger partial charge in [-0.25, -0.2) is 0 Å². The molecular weight excluding hydrogens is 385 g/mol. The zero-order valence-electron chi connectivity index (χ0n) is 13.8. The fourth-order valence-electron chi connectivity index (χ4n) is 2.81. The van der Waals surface area contributed by atoms with Gasteiger partial charge in [-0.2, -0.15) is 13.2 Å². The molecule has 0 radical (unpaired) electrons. The molecule has 0 saturated carbocycles. The summed E-state index contributed by atoms with van der Waals surface area (Å²) in [6.07, 6.45) is -3.46. The van der Waals surface area contributed by atoms with E-state index in [9.17, 15) is 13.2 Å². The number of hydrogen-bond acceptors (Lipinski definition) is 2. The number of likely N-dealkylation sites (tertiary alicyclic amines) is 1. The van der Waals surface area contributed by atoms with Crippen LogP contribution in [0.15, 0.2) is 33.7 Å². The first-order valence-electron chi connectivity index (χ1n) is 7.75. The van der Waals surface area contributed by atoms with Crippen molar-refractivity contribution in [2.24, 2.45) is 4.99 Å². The molecule has 1 aromatic carbocycles. The van der Waals surface area contributed by atoms with E-state index in [1.165, 1.54) is 4.90 Å². The molecule has 1 aliphatic rings. The molecule has 1 atom stereocenters. The Morgan fingerprint density at radius 2 is 2.04 bits per heavy atom. The summed E-state index contributed by atoms with van der Waals surface area (Å²) in [6, 6.07) is 7.98. The average molecular weight is 407 g/mol. The minimum absolute atomic E-state index is 0.0154. The number of aliphatic imine (C=N–C) groups is 1. The number of nitrogens with zero attached hydrogens (tertiary/aromatic N) is 3. The lowest BCUT2D eigenvalue weighted by Gasteiger charge is -2.25. The molecule has 0 bridgehead atoms. The molecule has 2 rings (SSSR count). The van der Waals surface area contributed by atoms with Crippen molar-refractivity contribution in [3.8, 4) is 0 Å². The summed E-state index contributed by atoms with van der Waals surface area (Å²) < 4.78 is 38.4. The fraction of sp³-hybridized carbons (Fsp3) is 0.562. The monoisotopic (exact) mass is 406 g/mol. The lowest BCUT2D eigenvalue weighted by Crippen LogP contribution is -2.45. The fourth-order valence-corrected chi connectivity index (χ4v) is 3.08. The largest absolute Gasteiger partial charge is 0.401 e. The second-order valence-electron chi connectivity index (χ2n) is 6.01. The van der Waals surface area contributed by atoms with Gasteiger partial charge in [0.15, 0.2) is 5.96 Å². The molecule has 24 heavy (non-hydrogen) atoms. The molecule has 8 heteroatoms. The van der Waals surface area contributed by atoms with E-state index in [0.717, 1.165) is 10.0 Å². The van der Waals surface area contributed by atoms with E-state index in [2.05, 4.69) is 26.2 Å². The Morgan fingerprint density at radius 1 is 1.38 bits per heavy atom. The first kappa shape index (κ1) is 19.1. The molecule has 1 N–H and O–H groups in total. The maximum absolute atomic E-state index is 12.5. The highest BCUT2D eigenvalue weighted by Crippen LogP contribution is 2.20. The summed E-state index contributed by atoms with van der Waals surface area (Å²) in [7, 11) is 3.60. The van der Waals surface area contributed by atoms with Crippen molar-refractivity contribution in [2.45, 2.75) is 25.2 Å². The average Bonchev–Trinajstić information content (AvgIpc) is 2.92. The normalized spacial score (nSPS) is 19.6. The molecule has 0 spiro atoms. The number of benzene rings is 1. The van der Waals surface area contributed by atoms with Gasteiger partial charge in [0.1, 0.15) is 0 Å². The van der Waals surface area contributed by atoms with Gasteiger partial charge in [0, 0.05) is 44.2 Å². The Hall–Kier alpha value is -1.28. The van der Waals surface area contributed by atoms with E-state index in [0.29, 0.717) is 32.0 Å². The van der Waals surface area contributed by atoms with E-state index >= 15 is 0 Å². The summed E-state index contributed by atoms with van der Waals surface area (Å²) in [6.45, 7) is 0.652. The lowest BCUT2D eigenvalue weighted by molar-refractivity contribution is -0.143. The van der Waals surface area contributed by atoms with E-state index in [4.69, 9.17) is 0 Å². The van der Waals surface area contributed by atoms with Crippen LogP contribution >= 0.6 is 15.9 Å².